The molecule has 1 aliphatic heterocycles. The van der Waals surface area contributed by atoms with Gasteiger partial charge in [-0.3, -0.25) is 0 Å². The van der Waals surface area contributed by atoms with Crippen molar-refractivity contribution in [3.05, 3.63) is 24.1 Å². The van der Waals surface area contributed by atoms with Crippen LogP contribution in [0.1, 0.15) is 6.42 Å². The molecule has 0 radical (unpaired) electrons. The average Bonchev–Trinajstić information content (AvgIpc) is 2.62. The molecule has 0 aromatic carbocycles. The maximum Gasteiger partial charge on any atom is 0.141 e. The topological polar surface area (TPSA) is 24.9 Å². The zero-order chi connectivity index (χ0) is 9.10. The maximum atomic E-state index is 12.5. The van der Waals surface area contributed by atoms with Crippen LogP contribution in [0.15, 0.2) is 18.3 Å². The van der Waals surface area contributed by atoms with Gasteiger partial charge >= 0.3 is 0 Å². The number of nitrogens with zero attached hydrogens (tertiary/aromatic N) is 1. The molecule has 1 aromatic rings. The molecule has 1 fully saturated rings. The minimum absolute atomic E-state index is 0.286. The molecule has 2 nitrogen and oxygen atoms in total. The highest BCUT2D eigenvalue weighted by Gasteiger charge is 2.14. The molecule has 0 spiro atoms. The van der Waals surface area contributed by atoms with Crippen LogP contribution in [0, 0.1) is 5.82 Å². The minimum atomic E-state index is -0.286. The Labute approximate surface area is 80.9 Å². The summed E-state index contributed by atoms with van der Waals surface area (Å²) >= 11 is 1.94. The molecular formula is C9H11FN2S. The first kappa shape index (κ1) is 8.81. The fourth-order valence-corrected chi connectivity index (χ4v) is 2.47. The molecule has 1 aromatic heterocycles. The van der Waals surface area contributed by atoms with Crippen LogP contribution in [0.5, 0.6) is 0 Å². The summed E-state index contributed by atoms with van der Waals surface area (Å²) in [6.45, 7) is 0. The number of hydrogen-bond donors (Lipinski definition) is 1. The second kappa shape index (κ2) is 3.96. The normalized spacial score (nSPS) is 21.8. The number of thioether (sulfide) groups is 1. The molecule has 70 valence electrons. The number of halogens is 1. The Kier molecular flexibility index (Phi) is 2.68. The fraction of sp³-hybridized carbons (Fsp3) is 0.444. The number of aromatic nitrogens is 1. The highest BCUT2D eigenvalue weighted by Crippen LogP contribution is 2.20. The highest BCUT2D eigenvalue weighted by molar-refractivity contribution is 7.99. The molecule has 0 bridgehead atoms. The summed E-state index contributed by atoms with van der Waals surface area (Å²) in [6, 6.07) is 3.61. The molecule has 1 N–H and O–H groups in total. The third-order valence-corrected chi connectivity index (χ3v) is 3.17. The van der Waals surface area contributed by atoms with Crippen LogP contribution in [-0.2, 0) is 0 Å². The van der Waals surface area contributed by atoms with E-state index in [1.165, 1.54) is 24.4 Å². The van der Waals surface area contributed by atoms with Crippen molar-refractivity contribution in [2.24, 2.45) is 0 Å². The van der Waals surface area contributed by atoms with Crippen molar-refractivity contribution in [3.8, 4) is 0 Å². The third-order valence-electron chi connectivity index (χ3n) is 2.01. The van der Waals surface area contributed by atoms with E-state index in [1.807, 2.05) is 11.8 Å². The first-order valence-corrected chi connectivity index (χ1v) is 5.46. The van der Waals surface area contributed by atoms with Crippen LogP contribution in [0.3, 0.4) is 0 Å². The standard InChI is InChI=1S/C9H11FN2S/c10-7-1-2-9(11-5-7)12-8-3-4-13-6-8/h1-2,5,8H,3-4,6H2,(H,11,12)/t8-/m1/s1. The van der Waals surface area contributed by atoms with Gasteiger partial charge in [-0.25, -0.2) is 9.37 Å². The zero-order valence-corrected chi connectivity index (χ0v) is 7.98. The van der Waals surface area contributed by atoms with Crippen molar-refractivity contribution < 1.29 is 4.39 Å². The molecular weight excluding hydrogens is 187 g/mol. The molecule has 13 heavy (non-hydrogen) atoms. The summed E-state index contributed by atoms with van der Waals surface area (Å²) < 4.78 is 12.5. The monoisotopic (exact) mass is 198 g/mol. The Balaban J connectivity index is 1.97. The van der Waals surface area contributed by atoms with Gasteiger partial charge in [0.1, 0.15) is 11.6 Å². The smallest absolute Gasteiger partial charge is 0.141 e. The second-order valence-corrected chi connectivity index (χ2v) is 4.22. The SMILES string of the molecule is Fc1ccc(N[C@@H]2CCSC2)nc1. The number of anilines is 1. The van der Waals surface area contributed by atoms with Gasteiger partial charge in [0.15, 0.2) is 0 Å². The predicted octanol–water partition coefficient (Wildman–Crippen LogP) is 2.14. The van der Waals surface area contributed by atoms with Crippen LogP contribution in [-0.4, -0.2) is 22.5 Å². The Bertz CT molecular complexity index is 269. The number of hydrogen-bond acceptors (Lipinski definition) is 3. The van der Waals surface area contributed by atoms with Gasteiger partial charge < -0.3 is 5.32 Å². The Morgan fingerprint density at radius 2 is 2.46 bits per heavy atom. The van der Waals surface area contributed by atoms with Crippen LogP contribution < -0.4 is 5.32 Å². The molecule has 1 saturated heterocycles. The van der Waals surface area contributed by atoms with Gasteiger partial charge in [0.2, 0.25) is 0 Å². The molecule has 1 atom stereocenters. The first-order chi connectivity index (χ1) is 6.34. The quantitative estimate of drug-likeness (QED) is 0.788. The number of rotatable bonds is 2. The van der Waals surface area contributed by atoms with Gasteiger partial charge in [0.25, 0.3) is 0 Å². The van der Waals surface area contributed by atoms with E-state index >= 15 is 0 Å². The summed E-state index contributed by atoms with van der Waals surface area (Å²) in [4.78, 5) is 3.95. The van der Waals surface area contributed by atoms with E-state index in [0.29, 0.717) is 6.04 Å². The van der Waals surface area contributed by atoms with Gasteiger partial charge in [0, 0.05) is 11.8 Å². The Morgan fingerprint density at radius 1 is 1.54 bits per heavy atom. The fourth-order valence-electron chi connectivity index (χ4n) is 1.32. The van der Waals surface area contributed by atoms with Crippen LogP contribution in [0.2, 0.25) is 0 Å². The van der Waals surface area contributed by atoms with Crippen molar-refractivity contribution in [1.29, 1.82) is 0 Å². The lowest BCUT2D eigenvalue weighted by Crippen LogP contribution is -2.18. The largest absolute Gasteiger partial charge is 0.366 e. The Hall–Kier alpha value is -0.770. The van der Waals surface area contributed by atoms with E-state index in [9.17, 15) is 4.39 Å². The molecule has 0 amide bonds. The summed E-state index contributed by atoms with van der Waals surface area (Å²) in [5.41, 5.74) is 0. The van der Waals surface area contributed by atoms with E-state index < -0.39 is 0 Å². The van der Waals surface area contributed by atoms with Gasteiger partial charge in [-0.1, -0.05) is 0 Å². The lowest BCUT2D eigenvalue weighted by atomic mass is 10.2. The molecule has 1 aliphatic rings. The van der Waals surface area contributed by atoms with Gasteiger partial charge in [-0.15, -0.1) is 0 Å². The average molecular weight is 198 g/mol. The third kappa shape index (κ3) is 2.34. The van der Waals surface area contributed by atoms with Crippen molar-refractivity contribution in [2.45, 2.75) is 12.5 Å². The second-order valence-electron chi connectivity index (χ2n) is 3.07. The lowest BCUT2D eigenvalue weighted by Gasteiger charge is -2.10. The summed E-state index contributed by atoms with van der Waals surface area (Å²) in [5, 5.41) is 3.27. The van der Waals surface area contributed by atoms with Crippen LogP contribution in [0.4, 0.5) is 10.2 Å². The molecule has 0 saturated carbocycles. The first-order valence-electron chi connectivity index (χ1n) is 4.30. The van der Waals surface area contributed by atoms with E-state index in [4.69, 9.17) is 0 Å². The van der Waals surface area contributed by atoms with Crippen LogP contribution >= 0.6 is 11.8 Å². The van der Waals surface area contributed by atoms with Crippen molar-refractivity contribution in [3.63, 3.8) is 0 Å². The van der Waals surface area contributed by atoms with Crippen molar-refractivity contribution >= 4 is 17.6 Å². The Morgan fingerprint density at radius 3 is 3.08 bits per heavy atom. The van der Waals surface area contributed by atoms with Crippen molar-refractivity contribution in [1.82, 2.24) is 4.98 Å². The van der Waals surface area contributed by atoms with Crippen LogP contribution in [0.25, 0.3) is 0 Å². The van der Waals surface area contributed by atoms with Gasteiger partial charge in [-0.2, -0.15) is 11.8 Å². The zero-order valence-electron chi connectivity index (χ0n) is 7.16. The molecule has 0 aliphatic carbocycles. The summed E-state index contributed by atoms with van der Waals surface area (Å²) in [7, 11) is 0. The lowest BCUT2D eigenvalue weighted by molar-refractivity contribution is 0.621. The highest BCUT2D eigenvalue weighted by atomic mass is 32.2. The maximum absolute atomic E-state index is 12.5. The van der Waals surface area contributed by atoms with E-state index in [0.717, 1.165) is 11.6 Å². The molecule has 0 unspecified atom stereocenters. The molecule has 2 rings (SSSR count). The number of nitrogens with one attached hydrogen (secondary N) is 1. The van der Waals surface area contributed by atoms with Gasteiger partial charge in [-0.05, 0) is 24.3 Å². The number of pyridine rings is 1. The van der Waals surface area contributed by atoms with E-state index in [2.05, 4.69) is 10.3 Å². The molecule has 2 heterocycles. The van der Waals surface area contributed by atoms with Crippen molar-refractivity contribution in [2.75, 3.05) is 16.8 Å². The predicted molar refractivity (Wildman–Crippen MR) is 53.5 cm³/mol. The van der Waals surface area contributed by atoms with Gasteiger partial charge in [0.05, 0.1) is 6.20 Å². The van der Waals surface area contributed by atoms with E-state index in [1.54, 1.807) is 6.07 Å². The summed E-state index contributed by atoms with van der Waals surface area (Å²) in [6.07, 6.45) is 2.41. The molecule has 4 heteroatoms. The minimum Gasteiger partial charge on any atom is -0.366 e. The summed E-state index contributed by atoms with van der Waals surface area (Å²) in [5.74, 6) is 2.82. The van der Waals surface area contributed by atoms with E-state index in [-0.39, 0.29) is 5.82 Å².